The van der Waals surface area contributed by atoms with Crippen LogP contribution in [0.15, 0.2) is 23.3 Å². The molecule has 0 radical (unpaired) electrons. The van der Waals surface area contributed by atoms with Crippen molar-refractivity contribution in [2.75, 3.05) is 57.3 Å². The van der Waals surface area contributed by atoms with Gasteiger partial charge in [-0.3, -0.25) is 0 Å². The number of halogens is 1. The van der Waals surface area contributed by atoms with Crippen molar-refractivity contribution < 1.29 is 4.74 Å². The molecular formula is C24H43IN6O. The van der Waals surface area contributed by atoms with E-state index in [2.05, 4.69) is 51.4 Å². The summed E-state index contributed by atoms with van der Waals surface area (Å²) in [7, 11) is 0. The number of nitrogens with zero attached hydrogens (tertiary/aromatic N) is 4. The molecule has 2 heterocycles. The molecule has 8 heteroatoms. The van der Waals surface area contributed by atoms with Crippen LogP contribution in [-0.4, -0.2) is 74.4 Å². The molecule has 2 fully saturated rings. The molecule has 2 aliphatic rings. The van der Waals surface area contributed by atoms with Crippen LogP contribution in [0.25, 0.3) is 0 Å². The number of aliphatic imine (C=N–C) groups is 1. The molecule has 32 heavy (non-hydrogen) atoms. The van der Waals surface area contributed by atoms with Gasteiger partial charge in [-0.1, -0.05) is 26.2 Å². The Bertz CT molecular complexity index is 660. The van der Waals surface area contributed by atoms with Crippen molar-refractivity contribution in [3.05, 3.63) is 23.9 Å². The monoisotopic (exact) mass is 558 g/mol. The van der Waals surface area contributed by atoms with Crippen molar-refractivity contribution in [2.45, 2.75) is 65.0 Å². The summed E-state index contributed by atoms with van der Waals surface area (Å²) in [5, 5.41) is 6.79. The van der Waals surface area contributed by atoms with Crippen LogP contribution in [0.1, 0.15) is 57.9 Å². The maximum Gasteiger partial charge on any atom is 0.191 e. The van der Waals surface area contributed by atoms with Gasteiger partial charge in [0, 0.05) is 52.1 Å². The van der Waals surface area contributed by atoms with Gasteiger partial charge in [0.2, 0.25) is 0 Å². The number of hydrogen-bond acceptors (Lipinski definition) is 5. The smallest absolute Gasteiger partial charge is 0.191 e. The minimum Gasteiger partial charge on any atom is -0.378 e. The zero-order chi connectivity index (χ0) is 21.7. The largest absolute Gasteiger partial charge is 0.378 e. The molecule has 1 aromatic heterocycles. The van der Waals surface area contributed by atoms with Crippen LogP contribution in [0.5, 0.6) is 0 Å². The zero-order valence-corrected chi connectivity index (χ0v) is 22.4. The first-order valence-electron chi connectivity index (χ1n) is 12.3. The van der Waals surface area contributed by atoms with Gasteiger partial charge < -0.3 is 25.2 Å². The summed E-state index contributed by atoms with van der Waals surface area (Å²) in [5.41, 5.74) is 1.20. The number of nitrogens with one attached hydrogen (secondary N) is 2. The van der Waals surface area contributed by atoms with Crippen LogP contribution in [0, 0.1) is 0 Å². The molecule has 1 saturated carbocycles. The molecule has 2 N–H and O–H groups in total. The quantitative estimate of drug-likeness (QED) is 0.198. The molecule has 0 bridgehead atoms. The average molecular weight is 559 g/mol. The summed E-state index contributed by atoms with van der Waals surface area (Å²) in [6.45, 7) is 13.0. The molecular weight excluding hydrogens is 515 g/mol. The van der Waals surface area contributed by atoms with Gasteiger partial charge in [0.05, 0.1) is 12.6 Å². The van der Waals surface area contributed by atoms with Crippen LogP contribution >= 0.6 is 24.0 Å². The van der Waals surface area contributed by atoms with E-state index < -0.39 is 0 Å². The number of rotatable bonds is 10. The number of ether oxygens (including phenoxy) is 1. The minimum absolute atomic E-state index is 0. The van der Waals surface area contributed by atoms with Crippen molar-refractivity contribution in [1.82, 2.24) is 20.5 Å². The second kappa shape index (κ2) is 15.7. The molecule has 0 amide bonds. The highest BCUT2D eigenvalue weighted by molar-refractivity contribution is 14.0. The van der Waals surface area contributed by atoms with E-state index in [1.54, 1.807) is 0 Å². The average Bonchev–Trinajstić information content (AvgIpc) is 2.83. The molecule has 1 aromatic rings. The van der Waals surface area contributed by atoms with E-state index in [1.165, 1.54) is 37.7 Å². The van der Waals surface area contributed by atoms with Gasteiger partial charge in [-0.05, 0) is 50.4 Å². The Labute approximate surface area is 211 Å². The SMILES string of the molecule is CCNC(=NCc1ccnc(N2CCN(CC)CC2)c1)NCCCOC1CCCCC1.I. The third-order valence-corrected chi connectivity index (χ3v) is 6.24. The first-order chi connectivity index (χ1) is 15.3. The van der Waals surface area contributed by atoms with Gasteiger partial charge in [-0.25, -0.2) is 9.98 Å². The predicted octanol–water partition coefficient (Wildman–Crippen LogP) is 3.64. The fraction of sp³-hybridized carbons (Fsp3) is 0.750. The summed E-state index contributed by atoms with van der Waals surface area (Å²) in [6.07, 6.45) is 9.90. The number of hydrogen-bond donors (Lipinski definition) is 2. The number of likely N-dealkylation sites (N-methyl/N-ethyl adjacent to an activating group) is 1. The predicted molar refractivity (Wildman–Crippen MR) is 144 cm³/mol. The lowest BCUT2D eigenvalue weighted by Gasteiger charge is -2.34. The molecule has 1 saturated heterocycles. The molecule has 1 aliphatic carbocycles. The standard InChI is InChI=1S/C24H42N6O.HI/c1-3-25-24(27-12-8-18-31-22-9-6-5-7-10-22)28-20-21-11-13-26-23(19-21)30-16-14-29(4-2)15-17-30;/h11,13,19,22H,3-10,12,14-18,20H2,1-2H3,(H2,25,27,28);1H. The molecule has 7 nitrogen and oxygen atoms in total. The summed E-state index contributed by atoms with van der Waals surface area (Å²) < 4.78 is 6.02. The number of pyridine rings is 1. The lowest BCUT2D eigenvalue weighted by molar-refractivity contribution is 0.0277. The Morgan fingerprint density at radius 1 is 1.12 bits per heavy atom. The van der Waals surface area contributed by atoms with Crippen LogP contribution in [0.2, 0.25) is 0 Å². The topological polar surface area (TPSA) is 65.0 Å². The molecule has 1 aliphatic heterocycles. The minimum atomic E-state index is 0. The van der Waals surface area contributed by atoms with Gasteiger partial charge in [0.25, 0.3) is 0 Å². The van der Waals surface area contributed by atoms with Crippen LogP contribution in [0.4, 0.5) is 5.82 Å². The van der Waals surface area contributed by atoms with E-state index in [4.69, 9.17) is 9.73 Å². The highest BCUT2D eigenvalue weighted by Crippen LogP contribution is 2.20. The fourth-order valence-corrected chi connectivity index (χ4v) is 4.30. The molecule has 0 aromatic carbocycles. The summed E-state index contributed by atoms with van der Waals surface area (Å²) in [4.78, 5) is 14.3. The molecule has 182 valence electrons. The van der Waals surface area contributed by atoms with Gasteiger partial charge in [-0.15, -0.1) is 24.0 Å². The second-order valence-corrected chi connectivity index (χ2v) is 8.55. The van der Waals surface area contributed by atoms with E-state index in [0.717, 1.165) is 70.6 Å². The van der Waals surface area contributed by atoms with Crippen molar-refractivity contribution in [2.24, 2.45) is 4.99 Å². The van der Waals surface area contributed by atoms with Gasteiger partial charge >= 0.3 is 0 Å². The van der Waals surface area contributed by atoms with E-state index in [0.29, 0.717) is 12.6 Å². The third kappa shape index (κ3) is 9.39. The lowest BCUT2D eigenvalue weighted by Crippen LogP contribution is -2.46. The van der Waals surface area contributed by atoms with Crippen LogP contribution in [-0.2, 0) is 11.3 Å². The van der Waals surface area contributed by atoms with Crippen molar-refractivity contribution in [3.8, 4) is 0 Å². The van der Waals surface area contributed by atoms with Crippen molar-refractivity contribution >= 4 is 35.8 Å². The molecule has 0 unspecified atom stereocenters. The Kier molecular flexibility index (Phi) is 13.3. The zero-order valence-electron chi connectivity index (χ0n) is 20.0. The Balaban J connectivity index is 0.00000363. The summed E-state index contributed by atoms with van der Waals surface area (Å²) in [5.74, 6) is 1.94. The lowest BCUT2D eigenvalue weighted by atomic mass is 9.98. The molecule has 0 atom stereocenters. The Morgan fingerprint density at radius 2 is 1.91 bits per heavy atom. The normalized spacial score (nSPS) is 18.3. The number of piperazine rings is 1. The highest BCUT2D eigenvalue weighted by Gasteiger charge is 2.17. The van der Waals surface area contributed by atoms with Crippen molar-refractivity contribution in [3.63, 3.8) is 0 Å². The van der Waals surface area contributed by atoms with E-state index in [1.807, 2.05) is 6.20 Å². The highest BCUT2D eigenvalue weighted by atomic mass is 127. The summed E-state index contributed by atoms with van der Waals surface area (Å²) >= 11 is 0. The first-order valence-corrected chi connectivity index (χ1v) is 12.3. The maximum absolute atomic E-state index is 6.02. The number of aromatic nitrogens is 1. The van der Waals surface area contributed by atoms with Gasteiger partial charge in [-0.2, -0.15) is 0 Å². The van der Waals surface area contributed by atoms with E-state index >= 15 is 0 Å². The molecule has 3 rings (SSSR count). The van der Waals surface area contributed by atoms with E-state index in [9.17, 15) is 0 Å². The van der Waals surface area contributed by atoms with Crippen LogP contribution in [0.3, 0.4) is 0 Å². The van der Waals surface area contributed by atoms with Crippen molar-refractivity contribution in [1.29, 1.82) is 0 Å². The number of anilines is 1. The fourth-order valence-electron chi connectivity index (χ4n) is 4.30. The van der Waals surface area contributed by atoms with Gasteiger partial charge in [0.15, 0.2) is 5.96 Å². The van der Waals surface area contributed by atoms with Crippen LogP contribution < -0.4 is 15.5 Å². The Hall–Kier alpha value is -1.13. The number of guanidine groups is 1. The second-order valence-electron chi connectivity index (χ2n) is 8.55. The maximum atomic E-state index is 6.02. The molecule has 0 spiro atoms. The van der Waals surface area contributed by atoms with Gasteiger partial charge in [0.1, 0.15) is 5.82 Å². The first kappa shape index (κ1) is 27.1. The van der Waals surface area contributed by atoms with E-state index in [-0.39, 0.29) is 24.0 Å². The summed E-state index contributed by atoms with van der Waals surface area (Å²) in [6, 6.07) is 4.25. The Morgan fingerprint density at radius 3 is 2.62 bits per heavy atom. The third-order valence-electron chi connectivity index (χ3n) is 6.24.